The third-order valence-corrected chi connectivity index (χ3v) is 7.13. The number of aliphatic hydroxyl groups is 1. The lowest BCUT2D eigenvalue weighted by Gasteiger charge is -2.28. The van der Waals surface area contributed by atoms with E-state index in [-0.39, 0.29) is 10.7 Å². The summed E-state index contributed by atoms with van der Waals surface area (Å²) in [5.74, 6) is -1.22. The van der Waals surface area contributed by atoms with E-state index in [2.05, 4.69) is 4.72 Å². The number of rotatable bonds is 10. The molecule has 2 N–H and O–H groups in total. The number of Topliss-reactive ketones (excluding diaryl/α,β-unsaturated/α-hetero) is 1. The average Bonchev–Trinajstić information content (AvgIpc) is 2.79. The number of hydrogen-bond donors (Lipinski definition) is 2. The molecule has 5 nitrogen and oxygen atoms in total. The van der Waals surface area contributed by atoms with Crippen molar-refractivity contribution in [3.63, 3.8) is 0 Å². The molecule has 0 unspecified atom stereocenters. The molecule has 32 heavy (non-hydrogen) atoms. The van der Waals surface area contributed by atoms with E-state index in [0.29, 0.717) is 18.4 Å². The summed E-state index contributed by atoms with van der Waals surface area (Å²) in [4.78, 5) is 13.4. The van der Waals surface area contributed by atoms with Crippen molar-refractivity contribution >= 4 is 15.8 Å². The third-order valence-electron chi connectivity index (χ3n) is 5.56. The number of carbonyl (C=O) groups is 1. The summed E-state index contributed by atoms with van der Waals surface area (Å²) >= 11 is 0. The van der Waals surface area contributed by atoms with Gasteiger partial charge in [-0.3, -0.25) is 4.79 Å². The molecule has 0 aliphatic heterocycles. The van der Waals surface area contributed by atoms with Crippen molar-refractivity contribution in [2.75, 3.05) is 0 Å². The number of aliphatic hydroxyl groups excluding tert-OH is 1. The van der Waals surface area contributed by atoms with Gasteiger partial charge >= 0.3 is 0 Å². The van der Waals surface area contributed by atoms with Crippen molar-refractivity contribution in [2.45, 2.75) is 43.7 Å². The maximum atomic E-state index is 13.3. The minimum Gasteiger partial charge on any atom is -0.392 e. The number of carbonyl (C=O) groups excluding carboxylic acids is 1. The Labute approximate surface area is 190 Å². The molecule has 3 rings (SSSR count). The fraction of sp³-hybridized carbons (Fsp3) is 0.269. The summed E-state index contributed by atoms with van der Waals surface area (Å²) in [7, 11) is -3.85. The first kappa shape index (κ1) is 23.9. The smallest absolute Gasteiger partial charge is 0.240 e. The van der Waals surface area contributed by atoms with Crippen LogP contribution in [-0.4, -0.2) is 31.5 Å². The fourth-order valence-corrected chi connectivity index (χ4v) is 5.04. The van der Waals surface area contributed by atoms with Crippen molar-refractivity contribution in [1.82, 2.24) is 4.72 Å². The zero-order chi connectivity index (χ0) is 23.1. The van der Waals surface area contributed by atoms with Gasteiger partial charge in [-0.2, -0.15) is 0 Å². The molecule has 0 saturated heterocycles. The second-order valence-corrected chi connectivity index (χ2v) is 9.78. The Morgan fingerprint density at radius 2 is 1.47 bits per heavy atom. The van der Waals surface area contributed by atoms with Crippen LogP contribution in [0.25, 0.3) is 0 Å². The zero-order valence-corrected chi connectivity index (χ0v) is 19.1. The van der Waals surface area contributed by atoms with Gasteiger partial charge in [0, 0.05) is 11.6 Å². The van der Waals surface area contributed by atoms with E-state index < -0.39 is 28.1 Å². The molecule has 0 spiro atoms. The quantitative estimate of drug-likeness (QED) is 0.454. The summed E-state index contributed by atoms with van der Waals surface area (Å²) in [6.45, 7) is 3.51. The van der Waals surface area contributed by atoms with Crippen molar-refractivity contribution < 1.29 is 18.3 Å². The van der Waals surface area contributed by atoms with Gasteiger partial charge in [0.2, 0.25) is 10.0 Å². The third kappa shape index (κ3) is 6.13. The summed E-state index contributed by atoms with van der Waals surface area (Å²) in [6.07, 6.45) is -0.0966. The lowest BCUT2D eigenvalue weighted by atomic mass is 9.85. The summed E-state index contributed by atoms with van der Waals surface area (Å²) < 4.78 is 28.4. The molecule has 0 aliphatic carbocycles. The Bertz CT molecular complexity index is 1110. The standard InChI is InChI=1S/C26H29NO4S/c1-19-13-16-23(17-14-19)32(30,31)27-20(2)25(26(29)22-11-7-4-8-12-22)24(28)18-15-21-9-5-3-6-10-21/h3-14,16-17,20,24-25,27-28H,15,18H2,1-2H3/t20-,24+,25+/m0/s1. The van der Waals surface area contributed by atoms with Crippen LogP contribution in [0.3, 0.4) is 0 Å². The van der Waals surface area contributed by atoms with E-state index in [1.54, 1.807) is 49.4 Å². The number of sulfonamides is 1. The van der Waals surface area contributed by atoms with Gasteiger partial charge in [-0.25, -0.2) is 13.1 Å². The largest absolute Gasteiger partial charge is 0.392 e. The van der Waals surface area contributed by atoms with Gasteiger partial charge in [-0.1, -0.05) is 78.4 Å². The van der Waals surface area contributed by atoms with Gasteiger partial charge in [-0.15, -0.1) is 0 Å². The van der Waals surface area contributed by atoms with E-state index in [9.17, 15) is 18.3 Å². The Morgan fingerprint density at radius 1 is 0.906 bits per heavy atom. The molecule has 168 valence electrons. The molecule has 0 aliphatic rings. The normalized spacial score (nSPS) is 14.5. The Morgan fingerprint density at radius 3 is 2.06 bits per heavy atom. The molecule has 0 fully saturated rings. The number of ketones is 1. The lowest BCUT2D eigenvalue weighted by Crippen LogP contribution is -2.46. The van der Waals surface area contributed by atoms with Gasteiger partial charge < -0.3 is 5.11 Å². The van der Waals surface area contributed by atoms with Crippen molar-refractivity contribution in [1.29, 1.82) is 0 Å². The highest BCUT2D eigenvalue weighted by atomic mass is 32.2. The van der Waals surface area contributed by atoms with Gasteiger partial charge in [0.05, 0.1) is 16.9 Å². The van der Waals surface area contributed by atoms with Crippen LogP contribution in [0.4, 0.5) is 0 Å². The van der Waals surface area contributed by atoms with Crippen LogP contribution < -0.4 is 4.72 Å². The summed E-state index contributed by atoms with van der Waals surface area (Å²) in [6, 6.07) is 24.1. The van der Waals surface area contributed by atoms with Crippen molar-refractivity contribution in [3.05, 3.63) is 102 Å². The molecule has 3 atom stereocenters. The molecule has 3 aromatic carbocycles. The first-order valence-electron chi connectivity index (χ1n) is 10.7. The van der Waals surface area contributed by atoms with Crippen LogP contribution in [0.2, 0.25) is 0 Å². The lowest BCUT2D eigenvalue weighted by molar-refractivity contribution is 0.0590. The molecule has 0 heterocycles. The SMILES string of the molecule is Cc1ccc(S(=O)(=O)N[C@@H](C)[C@@H](C(=O)c2ccccc2)[C@H](O)CCc2ccccc2)cc1. The maximum absolute atomic E-state index is 13.3. The summed E-state index contributed by atoms with van der Waals surface area (Å²) in [5, 5.41) is 11.0. The molecule has 6 heteroatoms. The van der Waals surface area contributed by atoms with Gasteiger partial charge in [0.15, 0.2) is 5.78 Å². The highest BCUT2D eigenvalue weighted by Crippen LogP contribution is 2.22. The number of benzene rings is 3. The second kappa shape index (κ2) is 10.7. The van der Waals surface area contributed by atoms with Crippen LogP contribution in [0.1, 0.15) is 34.8 Å². The minimum atomic E-state index is -3.85. The van der Waals surface area contributed by atoms with Crippen LogP contribution in [-0.2, 0) is 16.4 Å². The molecule has 0 bridgehead atoms. The van der Waals surface area contributed by atoms with E-state index in [1.165, 1.54) is 12.1 Å². The van der Waals surface area contributed by atoms with E-state index >= 15 is 0 Å². The first-order valence-corrected chi connectivity index (χ1v) is 12.2. The Balaban J connectivity index is 1.83. The summed E-state index contributed by atoms with van der Waals surface area (Å²) in [5.41, 5.74) is 2.44. The molecule has 0 amide bonds. The number of hydrogen-bond acceptors (Lipinski definition) is 4. The molecule has 0 radical (unpaired) electrons. The molecule has 0 aromatic heterocycles. The zero-order valence-electron chi connectivity index (χ0n) is 18.3. The van der Waals surface area contributed by atoms with E-state index in [1.807, 2.05) is 37.3 Å². The van der Waals surface area contributed by atoms with Gasteiger partial charge in [0.1, 0.15) is 0 Å². The van der Waals surface area contributed by atoms with Crippen molar-refractivity contribution in [2.24, 2.45) is 5.92 Å². The first-order chi connectivity index (χ1) is 15.3. The number of nitrogens with one attached hydrogen (secondary N) is 1. The van der Waals surface area contributed by atoms with Crippen LogP contribution in [0.5, 0.6) is 0 Å². The highest BCUT2D eigenvalue weighted by molar-refractivity contribution is 7.89. The maximum Gasteiger partial charge on any atom is 0.240 e. The van der Waals surface area contributed by atoms with Crippen LogP contribution in [0.15, 0.2) is 89.8 Å². The monoisotopic (exact) mass is 451 g/mol. The average molecular weight is 452 g/mol. The van der Waals surface area contributed by atoms with Gasteiger partial charge in [-0.05, 0) is 44.4 Å². The predicted octanol–water partition coefficient (Wildman–Crippen LogP) is 4.15. The Hall–Kier alpha value is -2.80. The Kier molecular flexibility index (Phi) is 7.96. The fourth-order valence-electron chi connectivity index (χ4n) is 3.77. The highest BCUT2D eigenvalue weighted by Gasteiger charge is 2.35. The molecular weight excluding hydrogens is 422 g/mol. The van der Waals surface area contributed by atoms with Gasteiger partial charge in [0.25, 0.3) is 0 Å². The van der Waals surface area contributed by atoms with E-state index in [4.69, 9.17) is 0 Å². The minimum absolute atomic E-state index is 0.125. The number of aryl methyl sites for hydroxylation is 2. The predicted molar refractivity (Wildman–Crippen MR) is 126 cm³/mol. The van der Waals surface area contributed by atoms with Crippen LogP contribution >= 0.6 is 0 Å². The van der Waals surface area contributed by atoms with Crippen LogP contribution in [0, 0.1) is 12.8 Å². The topological polar surface area (TPSA) is 83.5 Å². The molecule has 3 aromatic rings. The molecular formula is C26H29NO4S. The second-order valence-electron chi connectivity index (χ2n) is 8.07. The van der Waals surface area contributed by atoms with E-state index in [0.717, 1.165) is 11.1 Å². The van der Waals surface area contributed by atoms with Crippen molar-refractivity contribution in [3.8, 4) is 0 Å². The molecule has 0 saturated carbocycles.